The second kappa shape index (κ2) is 10.6. The van der Waals surface area contributed by atoms with Crippen LogP contribution in [0.25, 0.3) is 0 Å². The van der Waals surface area contributed by atoms with Crippen LogP contribution in [0.15, 0.2) is 33.7 Å². The van der Waals surface area contributed by atoms with Crippen LogP contribution in [-0.4, -0.2) is 52.1 Å². The standard InChI is InChI=1S/C16H26BrN3O3S/c1-4-18-16(20-13(2)8-11-24(3,21)22)19-9-10-23-15-7-5-6-14(17)12-15/h5-7,12-13H,4,8-11H2,1-3H3,(H2,18,19,20). The molecule has 1 atom stereocenters. The number of nitrogens with one attached hydrogen (secondary N) is 2. The Hall–Kier alpha value is -1.28. The van der Waals surface area contributed by atoms with Gasteiger partial charge in [-0.2, -0.15) is 0 Å². The molecule has 0 saturated carbocycles. The molecule has 1 rings (SSSR count). The molecule has 2 N–H and O–H groups in total. The molecule has 0 bridgehead atoms. The fourth-order valence-electron chi connectivity index (χ4n) is 1.89. The van der Waals surface area contributed by atoms with E-state index in [1.807, 2.05) is 38.1 Å². The van der Waals surface area contributed by atoms with E-state index >= 15 is 0 Å². The Morgan fingerprint density at radius 1 is 1.42 bits per heavy atom. The fourth-order valence-corrected chi connectivity index (χ4v) is 3.05. The van der Waals surface area contributed by atoms with E-state index in [-0.39, 0.29) is 11.8 Å². The first-order chi connectivity index (χ1) is 11.3. The van der Waals surface area contributed by atoms with Crippen LogP contribution in [0.5, 0.6) is 5.75 Å². The molecule has 6 nitrogen and oxygen atoms in total. The second-order valence-electron chi connectivity index (χ2n) is 5.53. The summed E-state index contributed by atoms with van der Waals surface area (Å²) in [6.45, 7) is 5.62. The minimum Gasteiger partial charge on any atom is -0.492 e. The van der Waals surface area contributed by atoms with Crippen LogP contribution in [0.4, 0.5) is 0 Å². The summed E-state index contributed by atoms with van der Waals surface area (Å²) in [5.74, 6) is 1.61. The Morgan fingerprint density at radius 2 is 2.17 bits per heavy atom. The summed E-state index contributed by atoms with van der Waals surface area (Å²) in [4.78, 5) is 4.44. The third-order valence-electron chi connectivity index (χ3n) is 3.08. The molecule has 0 spiro atoms. The van der Waals surface area contributed by atoms with Gasteiger partial charge >= 0.3 is 0 Å². The van der Waals surface area contributed by atoms with Crippen molar-refractivity contribution in [3.05, 3.63) is 28.7 Å². The molecule has 0 aliphatic rings. The van der Waals surface area contributed by atoms with E-state index in [2.05, 4.69) is 31.6 Å². The zero-order chi connectivity index (χ0) is 18.0. The Morgan fingerprint density at radius 3 is 2.79 bits per heavy atom. The highest BCUT2D eigenvalue weighted by Crippen LogP contribution is 2.17. The number of ether oxygens (including phenoxy) is 1. The van der Waals surface area contributed by atoms with Gasteiger partial charge in [0.25, 0.3) is 0 Å². The zero-order valence-corrected chi connectivity index (χ0v) is 16.8. The molecule has 0 amide bonds. The summed E-state index contributed by atoms with van der Waals surface area (Å²) in [6.07, 6.45) is 1.79. The summed E-state index contributed by atoms with van der Waals surface area (Å²) in [7, 11) is -2.95. The monoisotopic (exact) mass is 419 g/mol. The van der Waals surface area contributed by atoms with Crippen molar-refractivity contribution in [2.45, 2.75) is 26.3 Å². The van der Waals surface area contributed by atoms with E-state index in [0.29, 0.717) is 25.5 Å². The predicted molar refractivity (Wildman–Crippen MR) is 103 cm³/mol. The lowest BCUT2D eigenvalue weighted by molar-refractivity contribution is 0.328. The normalized spacial score (nSPS) is 13.4. The molecule has 1 aromatic carbocycles. The van der Waals surface area contributed by atoms with E-state index in [1.165, 1.54) is 6.26 Å². The van der Waals surface area contributed by atoms with Gasteiger partial charge in [-0.15, -0.1) is 0 Å². The minimum atomic E-state index is -2.95. The van der Waals surface area contributed by atoms with Crippen molar-refractivity contribution >= 4 is 31.7 Å². The lowest BCUT2D eigenvalue weighted by Gasteiger charge is -2.17. The molecular formula is C16H26BrN3O3S. The summed E-state index contributed by atoms with van der Waals surface area (Å²) in [5, 5.41) is 6.35. The lowest BCUT2D eigenvalue weighted by Crippen LogP contribution is -2.43. The summed E-state index contributed by atoms with van der Waals surface area (Å²) >= 11 is 3.40. The molecule has 0 aromatic heterocycles. The van der Waals surface area contributed by atoms with Gasteiger partial charge in [-0.1, -0.05) is 22.0 Å². The fraction of sp³-hybridized carbons (Fsp3) is 0.562. The van der Waals surface area contributed by atoms with Gasteiger partial charge in [-0.3, -0.25) is 0 Å². The Bertz CT molecular complexity index is 635. The van der Waals surface area contributed by atoms with E-state index in [9.17, 15) is 8.42 Å². The predicted octanol–water partition coefficient (Wildman–Crippen LogP) is 2.21. The molecule has 0 saturated heterocycles. The molecule has 0 fully saturated rings. The molecule has 1 unspecified atom stereocenters. The summed E-state index contributed by atoms with van der Waals surface area (Å²) < 4.78 is 29.1. The largest absolute Gasteiger partial charge is 0.492 e. The maximum Gasteiger partial charge on any atom is 0.191 e. The van der Waals surface area contributed by atoms with Gasteiger partial charge in [0.2, 0.25) is 0 Å². The van der Waals surface area contributed by atoms with Crippen LogP contribution in [-0.2, 0) is 9.84 Å². The van der Waals surface area contributed by atoms with Gasteiger partial charge in [-0.05, 0) is 38.5 Å². The average molecular weight is 420 g/mol. The van der Waals surface area contributed by atoms with Gasteiger partial charge in [0, 0.05) is 23.3 Å². The number of hydrogen-bond donors (Lipinski definition) is 2. The van der Waals surface area contributed by atoms with E-state index in [1.54, 1.807) is 0 Å². The van der Waals surface area contributed by atoms with Gasteiger partial charge in [-0.25, -0.2) is 13.4 Å². The number of benzene rings is 1. The van der Waals surface area contributed by atoms with Gasteiger partial charge in [0.1, 0.15) is 22.2 Å². The Kier molecular flexibility index (Phi) is 9.13. The van der Waals surface area contributed by atoms with E-state index < -0.39 is 9.84 Å². The van der Waals surface area contributed by atoms with Crippen LogP contribution in [0, 0.1) is 0 Å². The van der Waals surface area contributed by atoms with Crippen LogP contribution in [0.3, 0.4) is 0 Å². The maximum absolute atomic E-state index is 11.2. The number of halogens is 1. The van der Waals surface area contributed by atoms with Crippen molar-refractivity contribution in [1.82, 2.24) is 10.6 Å². The van der Waals surface area contributed by atoms with E-state index in [4.69, 9.17) is 4.74 Å². The SMILES string of the molecule is CCNC(=NCCOc1cccc(Br)c1)NC(C)CCS(C)(=O)=O. The van der Waals surface area contributed by atoms with Gasteiger partial charge in [0.15, 0.2) is 5.96 Å². The smallest absolute Gasteiger partial charge is 0.191 e. The van der Waals surface area contributed by atoms with Crippen LogP contribution < -0.4 is 15.4 Å². The number of sulfone groups is 1. The third-order valence-corrected chi connectivity index (χ3v) is 4.55. The van der Waals surface area contributed by atoms with Crippen molar-refractivity contribution in [2.24, 2.45) is 4.99 Å². The van der Waals surface area contributed by atoms with Gasteiger partial charge in [0.05, 0.1) is 12.3 Å². The Labute approximate surface area is 153 Å². The highest BCUT2D eigenvalue weighted by Gasteiger charge is 2.09. The van der Waals surface area contributed by atoms with Crippen molar-refractivity contribution < 1.29 is 13.2 Å². The highest BCUT2D eigenvalue weighted by atomic mass is 79.9. The Balaban J connectivity index is 2.44. The summed E-state index contributed by atoms with van der Waals surface area (Å²) in [5.41, 5.74) is 0. The number of nitrogens with zero attached hydrogens (tertiary/aromatic N) is 1. The number of hydrogen-bond acceptors (Lipinski definition) is 4. The molecule has 1 aromatic rings. The van der Waals surface area contributed by atoms with Gasteiger partial charge < -0.3 is 15.4 Å². The minimum absolute atomic E-state index is 0.0172. The molecule has 24 heavy (non-hydrogen) atoms. The average Bonchev–Trinajstić information content (AvgIpc) is 2.49. The molecule has 8 heteroatoms. The molecule has 0 aliphatic heterocycles. The third kappa shape index (κ3) is 9.77. The lowest BCUT2D eigenvalue weighted by atomic mass is 10.3. The molecular weight excluding hydrogens is 394 g/mol. The molecule has 0 radical (unpaired) electrons. The van der Waals surface area contributed by atoms with Crippen LogP contribution >= 0.6 is 15.9 Å². The quantitative estimate of drug-likeness (QED) is 0.364. The summed E-state index contributed by atoms with van der Waals surface area (Å²) in [6, 6.07) is 7.67. The maximum atomic E-state index is 11.2. The van der Waals surface area contributed by atoms with Crippen LogP contribution in [0.2, 0.25) is 0 Å². The van der Waals surface area contributed by atoms with Crippen molar-refractivity contribution in [3.8, 4) is 5.75 Å². The topological polar surface area (TPSA) is 79.8 Å². The zero-order valence-electron chi connectivity index (χ0n) is 14.4. The van der Waals surface area contributed by atoms with E-state index in [0.717, 1.165) is 16.8 Å². The molecule has 0 heterocycles. The van der Waals surface area contributed by atoms with Crippen LogP contribution in [0.1, 0.15) is 20.3 Å². The number of aliphatic imine (C=N–C) groups is 1. The van der Waals surface area contributed by atoms with Crippen molar-refractivity contribution in [3.63, 3.8) is 0 Å². The van der Waals surface area contributed by atoms with Crippen molar-refractivity contribution in [2.75, 3.05) is 31.7 Å². The highest BCUT2D eigenvalue weighted by molar-refractivity contribution is 9.10. The first-order valence-electron chi connectivity index (χ1n) is 7.91. The van der Waals surface area contributed by atoms with Crippen molar-refractivity contribution in [1.29, 1.82) is 0 Å². The number of rotatable bonds is 9. The first-order valence-corrected chi connectivity index (χ1v) is 10.8. The first kappa shape index (κ1) is 20.8. The molecule has 0 aliphatic carbocycles. The molecule has 136 valence electrons. The number of guanidine groups is 1. The second-order valence-corrected chi connectivity index (χ2v) is 8.71.